The van der Waals surface area contributed by atoms with Crippen LogP contribution in [0.4, 0.5) is 14.5 Å². The van der Waals surface area contributed by atoms with Crippen LogP contribution in [0.3, 0.4) is 0 Å². The van der Waals surface area contributed by atoms with Gasteiger partial charge < -0.3 is 0 Å². The zero-order chi connectivity index (χ0) is 13.3. The van der Waals surface area contributed by atoms with E-state index in [4.69, 9.17) is 0 Å². The summed E-state index contributed by atoms with van der Waals surface area (Å²) in [5.41, 5.74) is 0.0740. The molecule has 0 N–H and O–H groups in total. The van der Waals surface area contributed by atoms with Gasteiger partial charge in [-0.3, -0.25) is 10.1 Å². The third-order valence-electron chi connectivity index (χ3n) is 2.42. The molecule has 1 heterocycles. The summed E-state index contributed by atoms with van der Waals surface area (Å²) in [4.78, 5) is 10.2. The Labute approximate surface area is 101 Å². The van der Waals surface area contributed by atoms with Gasteiger partial charge in [-0.1, -0.05) is 6.07 Å². The zero-order valence-electron chi connectivity index (χ0n) is 9.38. The van der Waals surface area contributed by atoms with Crippen molar-refractivity contribution in [2.45, 2.75) is 13.3 Å². The zero-order valence-corrected chi connectivity index (χ0v) is 9.38. The molecule has 0 radical (unpaired) electrons. The summed E-state index contributed by atoms with van der Waals surface area (Å²) in [5, 5.41) is 14.9. The fraction of sp³-hybridized carbons (Fsp3) is 0.182. The maximum absolute atomic E-state index is 12.5. The van der Waals surface area contributed by atoms with Gasteiger partial charge in [-0.05, 0) is 19.1 Å². The van der Waals surface area contributed by atoms with Crippen LogP contribution in [-0.2, 0) is 0 Å². The minimum absolute atomic E-state index is 0.164. The fourth-order valence-corrected chi connectivity index (χ4v) is 1.57. The van der Waals surface area contributed by atoms with Gasteiger partial charge in [0.25, 0.3) is 12.1 Å². The van der Waals surface area contributed by atoms with Crippen LogP contribution in [0.1, 0.15) is 17.7 Å². The topological polar surface area (TPSA) is 61.0 Å². The summed E-state index contributed by atoms with van der Waals surface area (Å²) < 4.78 is 26.3. The maximum atomic E-state index is 12.5. The molecule has 0 aliphatic rings. The quantitative estimate of drug-likeness (QED) is 0.624. The van der Waals surface area contributed by atoms with E-state index >= 15 is 0 Å². The number of rotatable bonds is 3. The fourth-order valence-electron chi connectivity index (χ4n) is 1.57. The third-order valence-corrected chi connectivity index (χ3v) is 2.42. The molecule has 0 unspecified atom stereocenters. The first-order chi connectivity index (χ1) is 8.49. The van der Waals surface area contributed by atoms with Crippen LogP contribution in [-0.4, -0.2) is 14.7 Å². The first-order valence-corrected chi connectivity index (χ1v) is 5.08. The highest BCUT2D eigenvalue weighted by molar-refractivity contribution is 5.54. The van der Waals surface area contributed by atoms with E-state index in [2.05, 4.69) is 5.10 Å². The molecular weight excluding hydrogens is 244 g/mol. The lowest BCUT2D eigenvalue weighted by Gasteiger charge is -2.05. The predicted octanol–water partition coefficient (Wildman–Crippen LogP) is 3.03. The second-order valence-electron chi connectivity index (χ2n) is 3.71. The molecular formula is C11H9F2N3O2. The highest BCUT2D eigenvalue weighted by Crippen LogP contribution is 2.28. The Morgan fingerprint density at radius 2 is 2.11 bits per heavy atom. The van der Waals surface area contributed by atoms with E-state index < -0.39 is 17.0 Å². The monoisotopic (exact) mass is 253 g/mol. The lowest BCUT2D eigenvalue weighted by molar-refractivity contribution is -0.384. The lowest BCUT2D eigenvalue weighted by atomic mass is 10.2. The molecule has 18 heavy (non-hydrogen) atoms. The molecule has 1 aromatic heterocycles. The molecule has 0 bridgehead atoms. The van der Waals surface area contributed by atoms with E-state index in [9.17, 15) is 18.9 Å². The predicted molar refractivity (Wildman–Crippen MR) is 59.9 cm³/mol. The normalized spacial score (nSPS) is 10.9. The van der Waals surface area contributed by atoms with Crippen molar-refractivity contribution in [2.24, 2.45) is 0 Å². The van der Waals surface area contributed by atoms with E-state index in [1.807, 2.05) is 0 Å². The molecule has 5 nitrogen and oxygen atoms in total. The third kappa shape index (κ3) is 2.20. The number of aryl methyl sites for hydroxylation is 1. The molecule has 0 aliphatic heterocycles. The molecule has 0 saturated carbocycles. The summed E-state index contributed by atoms with van der Waals surface area (Å²) in [7, 11) is 0. The van der Waals surface area contributed by atoms with Crippen LogP contribution in [0.15, 0.2) is 30.5 Å². The van der Waals surface area contributed by atoms with Gasteiger partial charge in [0, 0.05) is 17.8 Å². The number of aromatic nitrogens is 2. The van der Waals surface area contributed by atoms with Gasteiger partial charge in [-0.2, -0.15) is 5.10 Å². The van der Waals surface area contributed by atoms with Crippen molar-refractivity contribution in [1.29, 1.82) is 0 Å². The van der Waals surface area contributed by atoms with Gasteiger partial charge in [0.15, 0.2) is 0 Å². The maximum Gasteiger partial charge on any atom is 0.295 e. The van der Waals surface area contributed by atoms with Crippen molar-refractivity contribution < 1.29 is 13.7 Å². The molecule has 0 amide bonds. The molecule has 0 aliphatic carbocycles. The Kier molecular flexibility index (Phi) is 3.05. The van der Waals surface area contributed by atoms with Gasteiger partial charge in [0.05, 0.1) is 10.6 Å². The van der Waals surface area contributed by atoms with Crippen molar-refractivity contribution in [3.63, 3.8) is 0 Å². The number of nitrogens with zero attached hydrogens (tertiary/aromatic N) is 3. The number of nitro benzene ring substituents is 1. The molecule has 94 valence electrons. The van der Waals surface area contributed by atoms with Gasteiger partial charge in [-0.25, -0.2) is 13.5 Å². The van der Waals surface area contributed by atoms with Crippen LogP contribution in [0.5, 0.6) is 0 Å². The minimum atomic E-state index is -2.74. The number of halogens is 2. The molecule has 0 saturated heterocycles. The SMILES string of the molecule is Cc1ccn(-c2ccc(C(F)F)cc2[N+](=O)[O-])n1. The van der Waals surface area contributed by atoms with E-state index in [1.165, 1.54) is 10.7 Å². The smallest absolute Gasteiger partial charge is 0.258 e. The molecule has 2 aromatic rings. The number of hydrogen-bond acceptors (Lipinski definition) is 3. The Bertz CT molecular complexity index is 596. The molecule has 0 spiro atoms. The molecule has 1 aromatic carbocycles. The van der Waals surface area contributed by atoms with Crippen molar-refractivity contribution in [3.8, 4) is 5.69 Å². The largest absolute Gasteiger partial charge is 0.295 e. The first-order valence-electron chi connectivity index (χ1n) is 5.08. The van der Waals surface area contributed by atoms with Crippen LogP contribution in [0.2, 0.25) is 0 Å². The first kappa shape index (κ1) is 12.2. The Balaban J connectivity index is 2.57. The summed E-state index contributed by atoms with van der Waals surface area (Å²) in [6.07, 6.45) is -1.20. The average molecular weight is 253 g/mol. The van der Waals surface area contributed by atoms with Crippen LogP contribution in [0.25, 0.3) is 5.69 Å². The van der Waals surface area contributed by atoms with Crippen LogP contribution < -0.4 is 0 Å². The van der Waals surface area contributed by atoms with Gasteiger partial charge in [0.1, 0.15) is 5.69 Å². The van der Waals surface area contributed by atoms with Gasteiger partial charge in [0.2, 0.25) is 0 Å². The Hall–Kier alpha value is -2.31. The summed E-state index contributed by atoms with van der Waals surface area (Å²) >= 11 is 0. The Morgan fingerprint density at radius 1 is 1.39 bits per heavy atom. The average Bonchev–Trinajstić information content (AvgIpc) is 2.74. The standard InChI is InChI=1S/C11H9F2N3O2/c1-7-4-5-15(14-7)9-3-2-8(11(12)13)6-10(9)16(17)18/h2-6,11H,1H3. The van der Waals surface area contributed by atoms with Crippen LogP contribution >= 0.6 is 0 Å². The summed E-state index contributed by atoms with van der Waals surface area (Å²) in [5.74, 6) is 0. The molecule has 2 rings (SSSR count). The highest BCUT2D eigenvalue weighted by atomic mass is 19.3. The minimum Gasteiger partial charge on any atom is -0.258 e. The number of nitro groups is 1. The summed E-state index contributed by atoms with van der Waals surface area (Å²) in [6, 6.07) is 4.97. The van der Waals surface area contributed by atoms with Crippen molar-refractivity contribution >= 4 is 5.69 Å². The highest BCUT2D eigenvalue weighted by Gasteiger charge is 2.19. The molecule has 0 fully saturated rings. The van der Waals surface area contributed by atoms with Crippen molar-refractivity contribution in [1.82, 2.24) is 9.78 Å². The van der Waals surface area contributed by atoms with Crippen molar-refractivity contribution in [2.75, 3.05) is 0 Å². The van der Waals surface area contributed by atoms with Gasteiger partial charge in [-0.15, -0.1) is 0 Å². The van der Waals surface area contributed by atoms with Gasteiger partial charge >= 0.3 is 0 Å². The van der Waals surface area contributed by atoms with E-state index in [0.29, 0.717) is 5.69 Å². The summed E-state index contributed by atoms with van der Waals surface area (Å²) in [6.45, 7) is 1.73. The molecule has 7 heteroatoms. The van der Waals surface area contributed by atoms with Crippen molar-refractivity contribution in [3.05, 3.63) is 51.8 Å². The second-order valence-corrected chi connectivity index (χ2v) is 3.71. The number of hydrogen-bond donors (Lipinski definition) is 0. The number of benzene rings is 1. The lowest BCUT2D eigenvalue weighted by Crippen LogP contribution is -2.02. The number of alkyl halides is 2. The van der Waals surface area contributed by atoms with E-state index in [0.717, 1.165) is 12.1 Å². The second kappa shape index (κ2) is 4.52. The van der Waals surface area contributed by atoms with Crippen LogP contribution in [0, 0.1) is 17.0 Å². The molecule has 0 atom stereocenters. The van der Waals surface area contributed by atoms with E-state index in [-0.39, 0.29) is 11.3 Å². The Morgan fingerprint density at radius 3 is 2.61 bits per heavy atom. The van der Waals surface area contributed by atoms with E-state index in [1.54, 1.807) is 19.2 Å².